The smallest absolute Gasteiger partial charge is 0.265 e. The van der Waals surface area contributed by atoms with Crippen molar-refractivity contribution in [2.24, 2.45) is 12.0 Å². The Morgan fingerprint density at radius 1 is 1.79 bits per heavy atom. The molecule has 2 rings (SSSR count). The third kappa shape index (κ3) is 1.93. The van der Waals surface area contributed by atoms with Crippen molar-refractivity contribution >= 4 is 17.2 Å². The van der Waals surface area contributed by atoms with Crippen LogP contribution in [0.3, 0.4) is 0 Å². The molecule has 2 heterocycles. The van der Waals surface area contributed by atoms with Crippen molar-refractivity contribution in [3.8, 4) is 0 Å². The lowest BCUT2D eigenvalue weighted by Gasteiger charge is -2.02. The van der Waals surface area contributed by atoms with Gasteiger partial charge in [0.1, 0.15) is 0 Å². The Kier molecular flexibility index (Phi) is 2.79. The molecule has 0 aromatic carbocycles. The van der Waals surface area contributed by atoms with Gasteiger partial charge in [0.15, 0.2) is 4.80 Å². The Hall–Kier alpha value is -0.940. The van der Waals surface area contributed by atoms with Crippen molar-refractivity contribution in [2.45, 2.75) is 18.9 Å². The van der Waals surface area contributed by atoms with E-state index in [2.05, 4.69) is 10.3 Å². The van der Waals surface area contributed by atoms with E-state index in [1.165, 1.54) is 11.3 Å². The molecule has 76 valence electrons. The van der Waals surface area contributed by atoms with Crippen LogP contribution in [0, 0.1) is 0 Å². The number of aromatic nitrogens is 1. The van der Waals surface area contributed by atoms with Gasteiger partial charge >= 0.3 is 0 Å². The normalized spacial score (nSPS) is 22.9. The van der Waals surface area contributed by atoms with E-state index < -0.39 is 0 Å². The topological polar surface area (TPSA) is 46.4 Å². The molecule has 1 aromatic heterocycles. The third-order valence-electron chi connectivity index (χ3n) is 2.32. The summed E-state index contributed by atoms with van der Waals surface area (Å²) in [5, 5.41) is 5.07. The maximum Gasteiger partial charge on any atom is 0.265 e. The highest BCUT2D eigenvalue weighted by Gasteiger charge is 2.21. The van der Waals surface area contributed by atoms with E-state index in [0.717, 1.165) is 24.2 Å². The van der Waals surface area contributed by atoms with Gasteiger partial charge in [0.05, 0.1) is 6.04 Å². The molecule has 1 fully saturated rings. The van der Waals surface area contributed by atoms with Gasteiger partial charge in [-0.3, -0.25) is 4.79 Å². The lowest BCUT2D eigenvalue weighted by molar-refractivity contribution is -0.119. The summed E-state index contributed by atoms with van der Waals surface area (Å²) in [6.45, 7) is 0.933. The molecular formula is C9H13N3OS. The van der Waals surface area contributed by atoms with Crippen molar-refractivity contribution in [1.82, 2.24) is 9.88 Å². The number of nitrogens with one attached hydrogen (secondary N) is 1. The van der Waals surface area contributed by atoms with Gasteiger partial charge in [-0.25, -0.2) is 0 Å². The fourth-order valence-electron chi connectivity index (χ4n) is 1.50. The van der Waals surface area contributed by atoms with E-state index >= 15 is 0 Å². The van der Waals surface area contributed by atoms with E-state index in [0.29, 0.717) is 0 Å². The zero-order chi connectivity index (χ0) is 9.97. The number of aryl methyl sites for hydroxylation is 1. The van der Waals surface area contributed by atoms with Crippen molar-refractivity contribution in [3.63, 3.8) is 0 Å². The fraction of sp³-hybridized carbons (Fsp3) is 0.556. The number of rotatable bonds is 1. The van der Waals surface area contributed by atoms with E-state index in [-0.39, 0.29) is 11.9 Å². The van der Waals surface area contributed by atoms with E-state index in [4.69, 9.17) is 0 Å². The van der Waals surface area contributed by atoms with Gasteiger partial charge in [0, 0.05) is 18.6 Å². The zero-order valence-corrected chi connectivity index (χ0v) is 8.88. The maximum absolute atomic E-state index is 11.6. The molecule has 0 saturated carbocycles. The first-order chi connectivity index (χ1) is 6.77. The standard InChI is InChI=1S/C9H13N3OS/c1-12-5-6-14-9(12)11-8(13)7-3-2-4-10-7/h5-7,10H,2-4H2,1H3. The quantitative estimate of drug-likeness (QED) is 0.724. The molecule has 0 radical (unpaired) electrons. The number of carbonyl (C=O) groups excluding carboxylic acids is 1. The molecule has 5 heteroatoms. The summed E-state index contributed by atoms with van der Waals surface area (Å²) in [5.41, 5.74) is 0. The predicted molar refractivity (Wildman–Crippen MR) is 54.9 cm³/mol. The van der Waals surface area contributed by atoms with Crippen LogP contribution in [0.5, 0.6) is 0 Å². The molecule has 1 saturated heterocycles. The number of hydrogen-bond acceptors (Lipinski definition) is 3. The van der Waals surface area contributed by atoms with Crippen LogP contribution in [-0.4, -0.2) is 23.1 Å². The molecule has 1 unspecified atom stereocenters. The highest BCUT2D eigenvalue weighted by Crippen LogP contribution is 2.05. The van der Waals surface area contributed by atoms with Crippen LogP contribution in [-0.2, 0) is 11.8 Å². The van der Waals surface area contributed by atoms with Gasteiger partial charge in [-0.05, 0) is 19.4 Å². The van der Waals surface area contributed by atoms with Gasteiger partial charge in [-0.1, -0.05) is 0 Å². The van der Waals surface area contributed by atoms with Gasteiger partial charge in [0.25, 0.3) is 5.91 Å². The largest absolute Gasteiger partial charge is 0.327 e. The summed E-state index contributed by atoms with van der Waals surface area (Å²) in [7, 11) is 1.89. The minimum absolute atomic E-state index is 0.0412. The summed E-state index contributed by atoms with van der Waals surface area (Å²) in [6.07, 6.45) is 3.89. The van der Waals surface area contributed by atoms with Crippen molar-refractivity contribution in [3.05, 3.63) is 16.4 Å². The molecule has 1 aliphatic heterocycles. The second-order valence-corrected chi connectivity index (χ2v) is 4.27. The highest BCUT2D eigenvalue weighted by molar-refractivity contribution is 7.07. The summed E-state index contributed by atoms with van der Waals surface area (Å²) in [4.78, 5) is 16.5. The minimum Gasteiger partial charge on any atom is -0.327 e. The monoisotopic (exact) mass is 211 g/mol. The van der Waals surface area contributed by atoms with Gasteiger partial charge < -0.3 is 9.88 Å². The van der Waals surface area contributed by atoms with Crippen LogP contribution in [0.2, 0.25) is 0 Å². The second kappa shape index (κ2) is 4.06. The highest BCUT2D eigenvalue weighted by atomic mass is 32.1. The Bertz CT molecular complexity index is 387. The van der Waals surface area contributed by atoms with Crippen LogP contribution >= 0.6 is 11.3 Å². The number of amides is 1. The van der Waals surface area contributed by atoms with Crippen LogP contribution in [0.25, 0.3) is 0 Å². The van der Waals surface area contributed by atoms with Gasteiger partial charge in [-0.2, -0.15) is 4.99 Å². The molecular weight excluding hydrogens is 198 g/mol. The third-order valence-corrected chi connectivity index (χ3v) is 3.17. The first-order valence-electron chi connectivity index (χ1n) is 4.69. The number of carbonyl (C=O) groups is 1. The molecule has 0 bridgehead atoms. The average Bonchev–Trinajstić information content (AvgIpc) is 2.77. The molecule has 1 amide bonds. The van der Waals surface area contributed by atoms with E-state index in [1.54, 1.807) is 0 Å². The van der Waals surface area contributed by atoms with E-state index in [1.807, 2.05) is 23.2 Å². The summed E-state index contributed by atoms with van der Waals surface area (Å²) in [5.74, 6) is -0.0412. The summed E-state index contributed by atoms with van der Waals surface area (Å²) < 4.78 is 1.86. The summed E-state index contributed by atoms with van der Waals surface area (Å²) in [6, 6.07) is -0.0582. The van der Waals surface area contributed by atoms with Crippen molar-refractivity contribution in [1.29, 1.82) is 0 Å². The fourth-order valence-corrected chi connectivity index (χ4v) is 2.24. The SMILES string of the molecule is Cn1ccsc1=NC(=O)C1CCCN1. The molecule has 1 N–H and O–H groups in total. The number of hydrogen-bond donors (Lipinski definition) is 1. The Morgan fingerprint density at radius 3 is 3.21 bits per heavy atom. The second-order valence-electron chi connectivity index (χ2n) is 3.40. The number of thiazole rings is 1. The first-order valence-corrected chi connectivity index (χ1v) is 5.57. The Balaban J connectivity index is 2.17. The molecule has 0 aliphatic carbocycles. The average molecular weight is 211 g/mol. The minimum atomic E-state index is -0.0582. The predicted octanol–water partition coefficient (Wildman–Crippen LogP) is 0.266. The van der Waals surface area contributed by atoms with Gasteiger partial charge in [0.2, 0.25) is 0 Å². The van der Waals surface area contributed by atoms with Crippen LogP contribution in [0.1, 0.15) is 12.8 Å². The Morgan fingerprint density at radius 2 is 2.64 bits per heavy atom. The Labute approximate surface area is 86.3 Å². The molecule has 1 aliphatic rings. The van der Waals surface area contributed by atoms with Crippen LogP contribution < -0.4 is 10.1 Å². The summed E-state index contributed by atoms with van der Waals surface area (Å²) >= 11 is 1.48. The maximum atomic E-state index is 11.6. The molecule has 1 atom stereocenters. The zero-order valence-electron chi connectivity index (χ0n) is 8.06. The van der Waals surface area contributed by atoms with Crippen LogP contribution in [0.4, 0.5) is 0 Å². The van der Waals surface area contributed by atoms with Crippen molar-refractivity contribution in [2.75, 3.05) is 6.54 Å². The molecule has 14 heavy (non-hydrogen) atoms. The molecule has 1 aromatic rings. The lowest BCUT2D eigenvalue weighted by atomic mass is 10.2. The first kappa shape index (κ1) is 9.61. The van der Waals surface area contributed by atoms with E-state index in [9.17, 15) is 4.79 Å². The molecule has 0 spiro atoms. The number of nitrogens with zero attached hydrogens (tertiary/aromatic N) is 2. The van der Waals surface area contributed by atoms with Gasteiger partial charge in [-0.15, -0.1) is 11.3 Å². The lowest BCUT2D eigenvalue weighted by Crippen LogP contribution is -2.31. The van der Waals surface area contributed by atoms with Crippen LogP contribution in [0.15, 0.2) is 16.6 Å². The van der Waals surface area contributed by atoms with Crippen molar-refractivity contribution < 1.29 is 4.79 Å². The molecule has 4 nitrogen and oxygen atoms in total.